The molecule has 0 aliphatic heterocycles. The summed E-state index contributed by atoms with van der Waals surface area (Å²) in [7, 11) is 0. The zero-order valence-corrected chi connectivity index (χ0v) is 16.6. The molecule has 1 aromatic heterocycles. The highest BCUT2D eigenvalue weighted by atomic mass is 79.9. The number of aromatic nitrogens is 2. The van der Waals surface area contributed by atoms with Crippen molar-refractivity contribution in [1.29, 1.82) is 0 Å². The number of amides is 1. The van der Waals surface area contributed by atoms with E-state index >= 15 is 0 Å². The van der Waals surface area contributed by atoms with Crippen molar-refractivity contribution in [2.24, 2.45) is 5.92 Å². The molecule has 0 unspecified atom stereocenters. The fourth-order valence-corrected chi connectivity index (χ4v) is 2.94. The van der Waals surface area contributed by atoms with Crippen LogP contribution in [-0.4, -0.2) is 16.0 Å². The summed E-state index contributed by atoms with van der Waals surface area (Å²) in [6.07, 6.45) is 0. The summed E-state index contributed by atoms with van der Waals surface area (Å²) in [5.74, 6) is 0.612. The number of nitrogens with zero attached hydrogens (tertiary/aromatic N) is 2. The monoisotopic (exact) mass is 433 g/mol. The first-order valence-electron chi connectivity index (χ1n) is 8.10. The lowest BCUT2D eigenvalue weighted by Crippen LogP contribution is -2.32. The number of hydrogen-bond donors (Lipinski definition) is 1. The molecule has 134 valence electrons. The normalized spacial score (nSPS) is 12.2. The highest BCUT2D eigenvalue weighted by molar-refractivity contribution is 9.10. The molecular formula is C19H17BrClN3O2. The van der Waals surface area contributed by atoms with Gasteiger partial charge in [0.1, 0.15) is 6.04 Å². The van der Waals surface area contributed by atoms with Gasteiger partial charge >= 0.3 is 0 Å². The van der Waals surface area contributed by atoms with Crippen molar-refractivity contribution < 1.29 is 9.32 Å². The molecule has 0 fully saturated rings. The third kappa shape index (κ3) is 4.14. The Morgan fingerprint density at radius 1 is 1.15 bits per heavy atom. The van der Waals surface area contributed by atoms with Crippen LogP contribution in [0.4, 0.5) is 0 Å². The average molecular weight is 435 g/mol. The van der Waals surface area contributed by atoms with E-state index in [4.69, 9.17) is 16.1 Å². The number of halogens is 2. The summed E-state index contributed by atoms with van der Waals surface area (Å²) < 4.78 is 6.39. The predicted molar refractivity (Wildman–Crippen MR) is 104 cm³/mol. The molecule has 1 amide bonds. The summed E-state index contributed by atoms with van der Waals surface area (Å²) in [4.78, 5) is 17.0. The molecule has 26 heavy (non-hydrogen) atoms. The van der Waals surface area contributed by atoms with Crippen LogP contribution >= 0.6 is 27.5 Å². The molecule has 7 heteroatoms. The molecule has 0 saturated heterocycles. The number of nitrogens with one attached hydrogen (secondary N) is 1. The molecule has 0 spiro atoms. The van der Waals surface area contributed by atoms with Gasteiger partial charge in [-0.3, -0.25) is 4.79 Å². The second-order valence-corrected chi connectivity index (χ2v) is 7.46. The Balaban J connectivity index is 1.84. The number of benzene rings is 2. The van der Waals surface area contributed by atoms with Crippen molar-refractivity contribution in [3.63, 3.8) is 0 Å². The minimum absolute atomic E-state index is 0.0552. The first kappa shape index (κ1) is 18.6. The van der Waals surface area contributed by atoms with Crippen molar-refractivity contribution >= 4 is 33.4 Å². The molecule has 1 atom stereocenters. The van der Waals surface area contributed by atoms with Gasteiger partial charge in [-0.2, -0.15) is 4.98 Å². The molecule has 0 radical (unpaired) electrons. The molecule has 1 N–H and O–H groups in total. The van der Waals surface area contributed by atoms with Gasteiger partial charge in [0.05, 0.1) is 10.6 Å². The first-order valence-corrected chi connectivity index (χ1v) is 9.27. The molecule has 0 bridgehead atoms. The van der Waals surface area contributed by atoms with E-state index in [1.165, 1.54) is 0 Å². The molecule has 1 heterocycles. The summed E-state index contributed by atoms with van der Waals surface area (Å²) in [5, 5.41) is 7.37. The van der Waals surface area contributed by atoms with Crippen molar-refractivity contribution in [3.05, 3.63) is 69.5 Å². The number of rotatable bonds is 5. The van der Waals surface area contributed by atoms with Crippen molar-refractivity contribution in [3.8, 4) is 11.4 Å². The quantitative estimate of drug-likeness (QED) is 0.593. The van der Waals surface area contributed by atoms with E-state index in [9.17, 15) is 4.79 Å². The average Bonchev–Trinajstić information content (AvgIpc) is 3.10. The SMILES string of the molecule is CC(C)[C@H](NC(=O)c1ccccc1Cl)c1nc(-c2ccc(Br)cc2)no1. The summed E-state index contributed by atoms with van der Waals surface area (Å²) in [6, 6.07) is 14.1. The van der Waals surface area contributed by atoms with Crippen LogP contribution in [0.2, 0.25) is 5.02 Å². The Kier molecular flexibility index (Phi) is 5.74. The lowest BCUT2D eigenvalue weighted by molar-refractivity contribution is 0.0914. The molecule has 3 rings (SSSR count). The van der Waals surface area contributed by atoms with Crippen LogP contribution in [-0.2, 0) is 0 Å². The third-order valence-electron chi connectivity index (χ3n) is 3.88. The second-order valence-electron chi connectivity index (χ2n) is 6.14. The molecular weight excluding hydrogens is 418 g/mol. The van der Waals surface area contributed by atoms with Gasteiger partial charge in [-0.1, -0.05) is 58.7 Å². The number of hydrogen-bond acceptors (Lipinski definition) is 4. The lowest BCUT2D eigenvalue weighted by Gasteiger charge is -2.18. The summed E-state index contributed by atoms with van der Waals surface area (Å²) >= 11 is 9.51. The topological polar surface area (TPSA) is 68.0 Å². The molecule has 0 aliphatic carbocycles. The third-order valence-corrected chi connectivity index (χ3v) is 4.74. The van der Waals surface area contributed by atoms with Gasteiger partial charge in [-0.25, -0.2) is 0 Å². The van der Waals surface area contributed by atoms with Crippen LogP contribution in [0.3, 0.4) is 0 Å². The van der Waals surface area contributed by atoms with Gasteiger partial charge in [-0.15, -0.1) is 0 Å². The highest BCUT2D eigenvalue weighted by Crippen LogP contribution is 2.25. The maximum absolute atomic E-state index is 12.6. The number of carbonyl (C=O) groups excluding carboxylic acids is 1. The highest BCUT2D eigenvalue weighted by Gasteiger charge is 2.26. The van der Waals surface area contributed by atoms with Crippen LogP contribution in [0.1, 0.15) is 36.1 Å². The van der Waals surface area contributed by atoms with Gasteiger partial charge < -0.3 is 9.84 Å². The second kappa shape index (κ2) is 8.01. The van der Waals surface area contributed by atoms with Gasteiger partial charge in [0.15, 0.2) is 0 Å². The molecule has 0 aliphatic rings. The Morgan fingerprint density at radius 2 is 1.85 bits per heavy atom. The first-order chi connectivity index (χ1) is 12.5. The van der Waals surface area contributed by atoms with Gasteiger partial charge in [-0.05, 0) is 42.3 Å². The van der Waals surface area contributed by atoms with Crippen molar-refractivity contribution in [2.75, 3.05) is 0 Å². The molecule has 3 aromatic rings. The Labute approximate surface area is 164 Å². The van der Waals surface area contributed by atoms with Crippen LogP contribution in [0.15, 0.2) is 57.5 Å². The van der Waals surface area contributed by atoms with E-state index in [0.29, 0.717) is 22.3 Å². The van der Waals surface area contributed by atoms with Crippen LogP contribution < -0.4 is 5.32 Å². The predicted octanol–water partition coefficient (Wildman–Crippen LogP) is 5.28. The number of carbonyl (C=O) groups is 1. The minimum atomic E-state index is -0.421. The van der Waals surface area contributed by atoms with E-state index in [-0.39, 0.29) is 11.8 Å². The standard InChI is InChI=1S/C19H17BrClN3O2/c1-11(2)16(22-18(25)14-5-3-4-6-15(14)21)19-23-17(24-26-19)12-7-9-13(20)10-8-12/h3-11,16H,1-2H3,(H,22,25)/t16-/m0/s1. The molecule has 0 saturated carbocycles. The van der Waals surface area contributed by atoms with E-state index in [0.717, 1.165) is 10.0 Å². The smallest absolute Gasteiger partial charge is 0.253 e. The Hall–Kier alpha value is -2.18. The maximum atomic E-state index is 12.6. The Bertz CT molecular complexity index is 909. The minimum Gasteiger partial charge on any atom is -0.340 e. The van der Waals surface area contributed by atoms with E-state index in [1.807, 2.05) is 38.1 Å². The lowest BCUT2D eigenvalue weighted by atomic mass is 10.0. The van der Waals surface area contributed by atoms with Crippen molar-refractivity contribution in [2.45, 2.75) is 19.9 Å². The Morgan fingerprint density at radius 3 is 2.50 bits per heavy atom. The van der Waals surface area contributed by atoms with E-state index in [1.54, 1.807) is 24.3 Å². The van der Waals surface area contributed by atoms with Gasteiger partial charge in [0.25, 0.3) is 5.91 Å². The largest absolute Gasteiger partial charge is 0.340 e. The zero-order chi connectivity index (χ0) is 18.7. The molecule has 2 aromatic carbocycles. The van der Waals surface area contributed by atoms with Crippen LogP contribution in [0, 0.1) is 5.92 Å². The zero-order valence-electron chi connectivity index (χ0n) is 14.2. The van der Waals surface area contributed by atoms with Crippen LogP contribution in [0.5, 0.6) is 0 Å². The van der Waals surface area contributed by atoms with Crippen molar-refractivity contribution in [1.82, 2.24) is 15.5 Å². The van der Waals surface area contributed by atoms with E-state index in [2.05, 4.69) is 31.4 Å². The summed E-state index contributed by atoms with van der Waals surface area (Å²) in [5.41, 5.74) is 1.25. The van der Waals surface area contributed by atoms with Gasteiger partial charge in [0, 0.05) is 10.0 Å². The van der Waals surface area contributed by atoms with E-state index < -0.39 is 6.04 Å². The van der Waals surface area contributed by atoms with Crippen LogP contribution in [0.25, 0.3) is 11.4 Å². The molecule has 5 nitrogen and oxygen atoms in total. The fraction of sp³-hybridized carbons (Fsp3) is 0.211. The maximum Gasteiger partial charge on any atom is 0.253 e. The summed E-state index contributed by atoms with van der Waals surface area (Å²) in [6.45, 7) is 3.95. The van der Waals surface area contributed by atoms with Gasteiger partial charge in [0.2, 0.25) is 11.7 Å². The fourth-order valence-electron chi connectivity index (χ4n) is 2.46.